The molecule has 5 nitrogen and oxygen atoms in total. The number of carbonyl (C=O) groups excluding carboxylic acids is 1. The summed E-state index contributed by atoms with van der Waals surface area (Å²) >= 11 is 0. The average Bonchev–Trinajstić information content (AvgIpc) is 3.49. The van der Waals surface area contributed by atoms with Gasteiger partial charge in [0.2, 0.25) is 5.91 Å². The van der Waals surface area contributed by atoms with E-state index < -0.39 is 11.4 Å². The van der Waals surface area contributed by atoms with Crippen LogP contribution in [0.25, 0.3) is 0 Å². The summed E-state index contributed by atoms with van der Waals surface area (Å²) in [7, 11) is 0. The molecule has 1 saturated carbocycles. The summed E-state index contributed by atoms with van der Waals surface area (Å²) in [6, 6.07) is 24.2. The number of fused-ring (bicyclic) bond motifs is 2. The number of anilines is 1. The van der Waals surface area contributed by atoms with Gasteiger partial charge in [-0.2, -0.15) is 5.26 Å². The van der Waals surface area contributed by atoms with Crippen molar-refractivity contribution in [2.45, 2.75) is 24.3 Å². The Morgan fingerprint density at radius 2 is 1.87 bits per heavy atom. The third-order valence-electron chi connectivity index (χ3n) is 6.22. The van der Waals surface area contributed by atoms with E-state index in [9.17, 15) is 14.7 Å². The maximum absolute atomic E-state index is 13.6. The van der Waals surface area contributed by atoms with Crippen LogP contribution in [0.5, 0.6) is 0 Å². The van der Waals surface area contributed by atoms with Crippen LogP contribution in [0, 0.1) is 11.3 Å². The lowest BCUT2D eigenvalue weighted by molar-refractivity contribution is -0.120. The van der Waals surface area contributed by atoms with E-state index in [0.29, 0.717) is 12.1 Å². The Balaban J connectivity index is 1.50. The van der Waals surface area contributed by atoms with Crippen molar-refractivity contribution in [1.82, 2.24) is 0 Å². The van der Waals surface area contributed by atoms with Crippen LogP contribution in [0.4, 0.5) is 5.69 Å². The van der Waals surface area contributed by atoms with Crippen molar-refractivity contribution in [1.29, 1.82) is 5.26 Å². The van der Waals surface area contributed by atoms with Crippen molar-refractivity contribution in [2.75, 3.05) is 4.90 Å². The molecule has 30 heavy (non-hydrogen) atoms. The van der Waals surface area contributed by atoms with Crippen LogP contribution in [0.1, 0.15) is 45.0 Å². The van der Waals surface area contributed by atoms with E-state index in [2.05, 4.69) is 6.07 Å². The highest BCUT2D eigenvalue weighted by Gasteiger charge is 2.66. The fraction of sp³-hybridized carbons (Fsp3) is 0.160. The van der Waals surface area contributed by atoms with Gasteiger partial charge in [-0.3, -0.25) is 4.79 Å². The minimum atomic E-state index is -0.982. The van der Waals surface area contributed by atoms with Crippen LogP contribution in [0.3, 0.4) is 0 Å². The zero-order chi connectivity index (χ0) is 20.9. The summed E-state index contributed by atoms with van der Waals surface area (Å²) in [5, 5.41) is 18.3. The molecule has 1 fully saturated rings. The number of hydrogen-bond acceptors (Lipinski definition) is 3. The standard InChI is InChI=1S/C25H18N2O3/c26-14-16-8-10-18(11-9-16)21-13-25(21)20-6-1-2-7-22(20)27(24(25)30)15-17-4-3-5-19(12-17)23(28)29/h1-12,21H,13,15H2,(H,28,29)/t21-,25+/m0/s1. The molecule has 2 atom stereocenters. The van der Waals surface area contributed by atoms with E-state index in [-0.39, 0.29) is 17.4 Å². The molecule has 2 aliphatic rings. The number of amides is 1. The number of aromatic carboxylic acids is 1. The van der Waals surface area contributed by atoms with Gasteiger partial charge in [0.15, 0.2) is 0 Å². The molecule has 0 unspecified atom stereocenters. The SMILES string of the molecule is N#Cc1ccc([C@@H]2C[C@]23C(=O)N(Cc2cccc(C(=O)O)c2)c2ccccc23)cc1. The van der Waals surface area contributed by atoms with Crippen molar-refractivity contribution in [3.05, 3.63) is 101 Å². The van der Waals surface area contributed by atoms with Gasteiger partial charge in [0, 0.05) is 11.6 Å². The molecule has 5 rings (SSSR count). The number of rotatable bonds is 4. The van der Waals surface area contributed by atoms with E-state index in [1.54, 1.807) is 35.2 Å². The van der Waals surface area contributed by atoms with Crippen LogP contribution in [-0.4, -0.2) is 17.0 Å². The second-order valence-corrected chi connectivity index (χ2v) is 7.88. The van der Waals surface area contributed by atoms with Gasteiger partial charge in [0.1, 0.15) is 0 Å². The molecule has 5 heteroatoms. The molecule has 146 valence electrons. The minimum Gasteiger partial charge on any atom is -0.478 e. The molecule has 0 saturated heterocycles. The Morgan fingerprint density at radius 3 is 2.60 bits per heavy atom. The first-order valence-electron chi connectivity index (χ1n) is 9.78. The number of para-hydroxylation sites is 1. The van der Waals surface area contributed by atoms with Crippen LogP contribution in [0.15, 0.2) is 72.8 Å². The largest absolute Gasteiger partial charge is 0.478 e. The molecule has 0 bridgehead atoms. The average molecular weight is 394 g/mol. The van der Waals surface area contributed by atoms with E-state index >= 15 is 0 Å². The van der Waals surface area contributed by atoms with Crippen LogP contribution < -0.4 is 4.90 Å². The molecule has 3 aromatic carbocycles. The number of nitriles is 1. The normalized spacial score (nSPS) is 21.4. The third-order valence-corrected chi connectivity index (χ3v) is 6.22. The lowest BCUT2D eigenvalue weighted by Crippen LogP contribution is -2.32. The number of carbonyl (C=O) groups is 2. The summed E-state index contributed by atoms with van der Waals surface area (Å²) < 4.78 is 0. The maximum Gasteiger partial charge on any atom is 0.335 e. The van der Waals surface area contributed by atoms with E-state index in [1.165, 1.54) is 0 Å². The van der Waals surface area contributed by atoms with Gasteiger partial charge in [-0.15, -0.1) is 0 Å². The Morgan fingerprint density at radius 1 is 1.10 bits per heavy atom. The molecule has 1 aliphatic carbocycles. The van der Waals surface area contributed by atoms with Crippen LogP contribution in [0.2, 0.25) is 0 Å². The number of benzene rings is 3. The highest BCUT2D eigenvalue weighted by Crippen LogP contribution is 2.66. The Bertz CT molecular complexity index is 1230. The van der Waals surface area contributed by atoms with Gasteiger partial charge in [-0.05, 0) is 53.4 Å². The van der Waals surface area contributed by atoms with Crippen molar-refractivity contribution in [3.8, 4) is 6.07 Å². The van der Waals surface area contributed by atoms with Crippen molar-refractivity contribution < 1.29 is 14.7 Å². The Hall–Kier alpha value is -3.91. The first-order valence-corrected chi connectivity index (χ1v) is 9.78. The molecule has 1 amide bonds. The van der Waals surface area contributed by atoms with Gasteiger partial charge in [-0.25, -0.2) is 4.79 Å². The second-order valence-electron chi connectivity index (χ2n) is 7.88. The fourth-order valence-corrected chi connectivity index (χ4v) is 4.68. The number of carboxylic acid groups (broad SMARTS) is 1. The molecule has 1 spiro atoms. The monoisotopic (exact) mass is 394 g/mol. The molecule has 1 N–H and O–H groups in total. The van der Waals surface area contributed by atoms with Gasteiger partial charge in [0.05, 0.1) is 29.2 Å². The predicted octanol–water partition coefficient (Wildman–Crippen LogP) is 4.23. The summed E-state index contributed by atoms with van der Waals surface area (Å²) in [6.45, 7) is 0.332. The quantitative estimate of drug-likeness (QED) is 0.718. The highest BCUT2D eigenvalue weighted by atomic mass is 16.4. The van der Waals surface area contributed by atoms with E-state index in [0.717, 1.165) is 28.8 Å². The topological polar surface area (TPSA) is 81.4 Å². The summed E-state index contributed by atoms with van der Waals surface area (Å²) in [5.74, 6) is -0.849. The fourth-order valence-electron chi connectivity index (χ4n) is 4.68. The molecule has 0 radical (unpaired) electrons. The molecular formula is C25H18N2O3. The lowest BCUT2D eigenvalue weighted by Gasteiger charge is -2.19. The summed E-state index contributed by atoms with van der Waals surface area (Å²) in [6.07, 6.45) is 0.737. The number of carboxylic acids is 1. The van der Waals surface area contributed by atoms with Gasteiger partial charge >= 0.3 is 5.97 Å². The molecule has 1 aliphatic heterocycles. The third kappa shape index (κ3) is 2.61. The van der Waals surface area contributed by atoms with Crippen LogP contribution in [-0.2, 0) is 16.8 Å². The summed E-state index contributed by atoms with van der Waals surface area (Å²) in [4.78, 5) is 26.7. The van der Waals surface area contributed by atoms with Gasteiger partial charge in [0.25, 0.3) is 0 Å². The molecule has 3 aromatic rings. The molecule has 0 aromatic heterocycles. The van der Waals surface area contributed by atoms with Crippen molar-refractivity contribution in [2.24, 2.45) is 0 Å². The zero-order valence-electron chi connectivity index (χ0n) is 16.1. The van der Waals surface area contributed by atoms with Crippen molar-refractivity contribution in [3.63, 3.8) is 0 Å². The highest BCUT2D eigenvalue weighted by molar-refractivity contribution is 6.11. The lowest BCUT2D eigenvalue weighted by atomic mass is 9.92. The van der Waals surface area contributed by atoms with E-state index in [4.69, 9.17) is 5.26 Å². The number of hydrogen-bond donors (Lipinski definition) is 1. The first kappa shape index (κ1) is 18.1. The molecule has 1 heterocycles. The Kier molecular flexibility index (Phi) is 3.97. The van der Waals surface area contributed by atoms with E-state index in [1.807, 2.05) is 42.5 Å². The first-order chi connectivity index (χ1) is 14.5. The summed E-state index contributed by atoms with van der Waals surface area (Å²) in [5.41, 5.74) is 4.00. The minimum absolute atomic E-state index is 0.0544. The second kappa shape index (κ2) is 6.57. The van der Waals surface area contributed by atoms with Gasteiger partial charge in [-0.1, -0.05) is 42.5 Å². The maximum atomic E-state index is 13.6. The predicted molar refractivity (Wildman–Crippen MR) is 111 cm³/mol. The van der Waals surface area contributed by atoms with Crippen LogP contribution >= 0.6 is 0 Å². The number of nitrogens with zero attached hydrogens (tertiary/aromatic N) is 2. The molecular weight excluding hydrogens is 376 g/mol. The smallest absolute Gasteiger partial charge is 0.335 e. The van der Waals surface area contributed by atoms with Crippen molar-refractivity contribution >= 4 is 17.6 Å². The van der Waals surface area contributed by atoms with Gasteiger partial charge < -0.3 is 10.0 Å². The zero-order valence-corrected chi connectivity index (χ0v) is 16.1. The Labute approximate surface area is 173 Å².